The molecule has 27 heavy (non-hydrogen) atoms. The van der Waals surface area contributed by atoms with Crippen molar-refractivity contribution in [2.24, 2.45) is 4.99 Å². The van der Waals surface area contributed by atoms with Gasteiger partial charge in [-0.2, -0.15) is 0 Å². The average molecular weight is 434 g/mol. The third-order valence-electron chi connectivity index (χ3n) is 4.50. The second kappa shape index (κ2) is 12.4. The summed E-state index contributed by atoms with van der Waals surface area (Å²) in [6, 6.07) is 13.2. The Morgan fingerprint density at radius 2 is 1.70 bits per heavy atom. The van der Waals surface area contributed by atoms with Crippen molar-refractivity contribution < 1.29 is 0 Å². The highest BCUT2D eigenvalue weighted by Gasteiger charge is 2.27. The van der Waals surface area contributed by atoms with Gasteiger partial charge in [0.2, 0.25) is 0 Å². The lowest BCUT2D eigenvalue weighted by atomic mass is 10.1. The van der Waals surface area contributed by atoms with E-state index in [1.807, 2.05) is 7.05 Å². The van der Waals surface area contributed by atoms with E-state index in [0.29, 0.717) is 0 Å². The number of hydrogen-bond donors (Lipinski definition) is 1. The van der Waals surface area contributed by atoms with E-state index in [2.05, 4.69) is 65.6 Å². The molecule has 1 heterocycles. The van der Waals surface area contributed by atoms with Crippen molar-refractivity contribution in [3.05, 3.63) is 42.0 Å². The zero-order chi connectivity index (χ0) is 16.9. The highest BCUT2D eigenvalue weighted by molar-refractivity contribution is 6.27. The maximum atomic E-state index is 4.97. The van der Waals surface area contributed by atoms with Crippen LogP contribution in [0.25, 0.3) is 10.8 Å². The van der Waals surface area contributed by atoms with Crippen LogP contribution in [0, 0.1) is 0 Å². The Hall–Kier alpha value is -1.04. The predicted molar refractivity (Wildman–Crippen MR) is 126 cm³/mol. The Balaban J connectivity index is 0.00000225. The average Bonchev–Trinajstić information content (AvgIpc) is 2.87. The summed E-state index contributed by atoms with van der Waals surface area (Å²) in [5.74, 6) is 1.15. The lowest BCUT2D eigenvalue weighted by molar-refractivity contribution is 0.403. The topological polar surface area (TPSA) is 30.9 Å². The van der Waals surface area contributed by atoms with Crippen molar-refractivity contribution in [2.75, 3.05) is 52.2 Å². The molecule has 1 N–H and O–H groups in total. The number of nitrogens with zero attached hydrogens (tertiary/aromatic N) is 3. The van der Waals surface area contributed by atoms with Crippen LogP contribution in [-0.4, -0.2) is 58.1 Å². The zero-order valence-electron chi connectivity index (χ0n) is 16.3. The monoisotopic (exact) mass is 432 g/mol. The van der Waals surface area contributed by atoms with E-state index >= 15 is 0 Å². The minimum Gasteiger partial charge on any atom is -0.326 e. The minimum absolute atomic E-state index is 0. The molecule has 0 spiro atoms. The molecule has 7 heteroatoms. The molecule has 0 unspecified atom stereocenters. The first-order chi connectivity index (χ1) is 11.7. The van der Waals surface area contributed by atoms with Gasteiger partial charge in [-0.15, -0.1) is 37.2 Å². The van der Waals surface area contributed by atoms with Gasteiger partial charge >= 0.3 is 0 Å². The quantitative estimate of drug-likeness (QED) is 0.632. The summed E-state index contributed by atoms with van der Waals surface area (Å²) in [4.78, 5) is 9.63. The number of hydrogen-bond acceptors (Lipinski definition) is 3. The second-order valence-electron chi connectivity index (χ2n) is 6.65. The molecule has 0 saturated heterocycles. The van der Waals surface area contributed by atoms with Gasteiger partial charge in [0, 0.05) is 24.0 Å². The summed E-state index contributed by atoms with van der Waals surface area (Å²) < 4.78 is 0. The Morgan fingerprint density at radius 3 is 2.37 bits per heavy atom. The van der Waals surface area contributed by atoms with Crippen LogP contribution in [0.4, 0.5) is 5.69 Å². The molecular weight excluding hydrogens is 403 g/mol. The molecule has 0 amide bonds. The molecule has 152 valence electrons. The fraction of sp³-hybridized carbons (Fsp3) is 0.450. The maximum Gasteiger partial charge on any atom is 0.136 e. The van der Waals surface area contributed by atoms with Gasteiger partial charge in [0.15, 0.2) is 0 Å². The van der Waals surface area contributed by atoms with Crippen LogP contribution in [0.2, 0.25) is 0 Å². The van der Waals surface area contributed by atoms with E-state index < -0.39 is 0 Å². The van der Waals surface area contributed by atoms with Gasteiger partial charge in [-0.3, -0.25) is 4.99 Å². The normalized spacial score (nSPS) is 13.5. The molecule has 4 nitrogen and oxygen atoms in total. The van der Waals surface area contributed by atoms with E-state index in [1.54, 1.807) is 0 Å². The van der Waals surface area contributed by atoms with Crippen LogP contribution in [0.5, 0.6) is 0 Å². The summed E-state index contributed by atoms with van der Waals surface area (Å²) in [7, 11) is 6.26. The molecular formula is C20H31Cl3N4. The number of anilines is 1. The van der Waals surface area contributed by atoms with E-state index in [1.165, 1.54) is 22.0 Å². The number of benzene rings is 2. The highest BCUT2D eigenvalue weighted by Crippen LogP contribution is 2.37. The molecule has 1 aliphatic heterocycles. The van der Waals surface area contributed by atoms with E-state index in [9.17, 15) is 0 Å². The van der Waals surface area contributed by atoms with Crippen molar-refractivity contribution >= 4 is 59.5 Å². The highest BCUT2D eigenvalue weighted by atomic mass is 35.5. The van der Waals surface area contributed by atoms with E-state index in [-0.39, 0.29) is 37.2 Å². The Bertz CT molecular complexity index is 729. The van der Waals surface area contributed by atoms with Crippen molar-refractivity contribution in [1.29, 1.82) is 0 Å². The van der Waals surface area contributed by atoms with E-state index in [0.717, 1.165) is 44.9 Å². The fourth-order valence-corrected chi connectivity index (χ4v) is 3.37. The number of rotatable bonds is 8. The summed E-state index contributed by atoms with van der Waals surface area (Å²) >= 11 is 0. The van der Waals surface area contributed by atoms with Crippen molar-refractivity contribution in [3.63, 3.8) is 0 Å². The van der Waals surface area contributed by atoms with Crippen LogP contribution in [-0.2, 0) is 0 Å². The van der Waals surface area contributed by atoms with Crippen molar-refractivity contribution in [1.82, 2.24) is 10.2 Å². The molecule has 1 aliphatic rings. The largest absolute Gasteiger partial charge is 0.326 e. The second-order valence-corrected chi connectivity index (χ2v) is 6.65. The minimum atomic E-state index is 0. The smallest absolute Gasteiger partial charge is 0.136 e. The van der Waals surface area contributed by atoms with Crippen LogP contribution < -0.4 is 10.2 Å². The number of halogens is 3. The molecule has 0 radical (unpaired) electrons. The van der Waals surface area contributed by atoms with Gasteiger partial charge < -0.3 is 15.1 Å². The van der Waals surface area contributed by atoms with Crippen LogP contribution in [0.15, 0.2) is 41.4 Å². The first-order valence-electron chi connectivity index (χ1n) is 8.86. The Morgan fingerprint density at radius 1 is 1.00 bits per heavy atom. The zero-order valence-corrected chi connectivity index (χ0v) is 18.7. The molecule has 0 saturated carbocycles. The summed E-state index contributed by atoms with van der Waals surface area (Å²) in [5.41, 5.74) is 2.60. The third kappa shape index (κ3) is 5.97. The predicted octanol–water partition coefficient (Wildman–Crippen LogP) is 4.23. The van der Waals surface area contributed by atoms with Gasteiger partial charge in [0.25, 0.3) is 0 Å². The molecule has 0 atom stereocenters. The molecule has 0 aliphatic carbocycles. The van der Waals surface area contributed by atoms with Crippen molar-refractivity contribution in [3.8, 4) is 0 Å². The Labute approximate surface area is 181 Å². The van der Waals surface area contributed by atoms with Crippen LogP contribution in [0.3, 0.4) is 0 Å². The van der Waals surface area contributed by atoms with Crippen molar-refractivity contribution in [2.45, 2.75) is 12.8 Å². The summed E-state index contributed by atoms with van der Waals surface area (Å²) in [5, 5.41) is 5.87. The molecule has 0 fully saturated rings. The number of amidine groups is 1. The standard InChI is InChI=1S/C20H28N4.3ClH/c1-21-12-6-13-22-20-17-10-4-8-16-9-5-11-18(19(16)17)24(20)15-7-14-23(2)3;;;/h4-5,8-11,21H,6-7,12-15H2,1-3H3;3*1H. The number of nitrogens with one attached hydrogen (secondary N) is 1. The third-order valence-corrected chi connectivity index (χ3v) is 4.50. The van der Waals surface area contributed by atoms with Gasteiger partial charge in [-0.1, -0.05) is 30.3 Å². The summed E-state index contributed by atoms with van der Waals surface area (Å²) in [6.45, 7) is 3.98. The fourth-order valence-electron chi connectivity index (χ4n) is 3.37. The van der Waals surface area contributed by atoms with Gasteiger partial charge in [-0.25, -0.2) is 0 Å². The molecule has 0 bridgehead atoms. The van der Waals surface area contributed by atoms with E-state index in [4.69, 9.17) is 4.99 Å². The SMILES string of the molecule is CNCCCN=C1c2cccc3cccc(c23)N1CCCN(C)C.Cl.Cl.Cl. The first-order valence-corrected chi connectivity index (χ1v) is 8.86. The molecule has 2 aromatic carbocycles. The lowest BCUT2D eigenvalue weighted by Crippen LogP contribution is -2.31. The lowest BCUT2D eigenvalue weighted by Gasteiger charge is -2.22. The maximum absolute atomic E-state index is 4.97. The van der Waals surface area contributed by atoms with Crippen LogP contribution >= 0.6 is 37.2 Å². The molecule has 2 aromatic rings. The first kappa shape index (κ1) is 26.0. The summed E-state index contributed by atoms with van der Waals surface area (Å²) in [6.07, 6.45) is 2.20. The molecule has 3 rings (SSSR count). The Kier molecular flexibility index (Phi) is 11.9. The molecule has 0 aromatic heterocycles. The number of aliphatic imine (C=N–C) groups is 1. The van der Waals surface area contributed by atoms with Gasteiger partial charge in [0.1, 0.15) is 5.84 Å². The van der Waals surface area contributed by atoms with Crippen LogP contribution in [0.1, 0.15) is 18.4 Å². The van der Waals surface area contributed by atoms with Gasteiger partial charge in [-0.05, 0) is 58.5 Å². The van der Waals surface area contributed by atoms with Gasteiger partial charge in [0.05, 0.1) is 5.69 Å².